The number of hydrazine groups is 1. The zero-order valence-electron chi connectivity index (χ0n) is 12.2. The van der Waals surface area contributed by atoms with Crippen LogP contribution in [0.2, 0.25) is 0 Å². The molecule has 110 valence electrons. The van der Waals surface area contributed by atoms with Gasteiger partial charge < -0.3 is 0 Å². The number of H-pyrrole nitrogens is 1. The molecule has 0 radical (unpaired) electrons. The minimum absolute atomic E-state index is 0.235. The lowest BCUT2D eigenvalue weighted by atomic mass is 10.1. The van der Waals surface area contributed by atoms with Crippen LogP contribution in [0, 0.1) is 0 Å². The largest absolute Gasteiger partial charge is 0.288 e. The average Bonchev–Trinajstić information content (AvgIpc) is 3.06. The summed E-state index contributed by atoms with van der Waals surface area (Å²) in [7, 11) is 1.79. The number of carbonyl (C=O) groups excluding carboxylic acids is 1. The number of amides is 1. The molecular weight excluding hydrogens is 276 g/mol. The molecule has 3 aromatic rings. The van der Waals surface area contributed by atoms with Gasteiger partial charge in [-0.2, -0.15) is 5.10 Å². The maximum absolute atomic E-state index is 12.2. The van der Waals surface area contributed by atoms with E-state index in [0.717, 1.165) is 16.9 Å². The van der Waals surface area contributed by atoms with Crippen molar-refractivity contribution >= 4 is 11.6 Å². The van der Waals surface area contributed by atoms with Gasteiger partial charge in [-0.15, -0.1) is 0 Å². The lowest BCUT2D eigenvalue weighted by Gasteiger charge is -2.19. The molecule has 0 saturated heterocycles. The first kappa shape index (κ1) is 13.9. The number of aromatic nitrogens is 2. The van der Waals surface area contributed by atoms with E-state index in [2.05, 4.69) is 15.6 Å². The molecule has 0 bridgehead atoms. The van der Waals surface area contributed by atoms with E-state index in [-0.39, 0.29) is 5.91 Å². The first-order valence-corrected chi connectivity index (χ1v) is 6.94. The van der Waals surface area contributed by atoms with Crippen molar-refractivity contribution in [3.8, 4) is 11.3 Å². The number of benzene rings is 2. The molecule has 0 unspecified atom stereocenters. The standard InChI is InChI=1S/C17H16N4O/c1-21(14-10-6-3-7-11-14)20-17(22)16-12-15(18-19-16)13-8-4-2-5-9-13/h2-12H,1H3,(H,18,19)(H,20,22). The number of nitrogens with one attached hydrogen (secondary N) is 2. The summed E-state index contributed by atoms with van der Waals surface area (Å²) in [5.74, 6) is -0.235. The topological polar surface area (TPSA) is 61.0 Å². The van der Waals surface area contributed by atoms with E-state index in [1.807, 2.05) is 60.7 Å². The fourth-order valence-electron chi connectivity index (χ4n) is 2.12. The summed E-state index contributed by atoms with van der Waals surface area (Å²) >= 11 is 0. The number of hydrogen-bond donors (Lipinski definition) is 2. The van der Waals surface area contributed by atoms with Crippen LogP contribution in [0.1, 0.15) is 10.5 Å². The van der Waals surface area contributed by atoms with Gasteiger partial charge in [0, 0.05) is 12.6 Å². The fraction of sp³-hybridized carbons (Fsp3) is 0.0588. The second-order valence-corrected chi connectivity index (χ2v) is 4.87. The Kier molecular flexibility index (Phi) is 3.87. The first-order chi connectivity index (χ1) is 10.7. The maximum Gasteiger partial charge on any atom is 0.287 e. The highest BCUT2D eigenvalue weighted by molar-refractivity contribution is 5.94. The molecule has 0 spiro atoms. The van der Waals surface area contributed by atoms with Gasteiger partial charge in [0.2, 0.25) is 0 Å². The molecule has 1 aromatic heterocycles. The molecule has 2 N–H and O–H groups in total. The monoisotopic (exact) mass is 292 g/mol. The van der Waals surface area contributed by atoms with Crippen LogP contribution >= 0.6 is 0 Å². The molecule has 1 heterocycles. The summed E-state index contributed by atoms with van der Waals surface area (Å²) in [6.07, 6.45) is 0. The van der Waals surface area contributed by atoms with E-state index in [0.29, 0.717) is 5.69 Å². The van der Waals surface area contributed by atoms with E-state index < -0.39 is 0 Å². The highest BCUT2D eigenvalue weighted by atomic mass is 16.2. The lowest BCUT2D eigenvalue weighted by Crippen LogP contribution is -2.39. The Hall–Kier alpha value is -3.08. The van der Waals surface area contributed by atoms with E-state index in [4.69, 9.17) is 0 Å². The predicted molar refractivity (Wildman–Crippen MR) is 86.3 cm³/mol. The number of rotatable bonds is 4. The Labute approximate surface area is 128 Å². The van der Waals surface area contributed by atoms with E-state index >= 15 is 0 Å². The van der Waals surface area contributed by atoms with Gasteiger partial charge in [-0.25, -0.2) is 0 Å². The van der Waals surface area contributed by atoms with Crippen molar-refractivity contribution in [1.29, 1.82) is 0 Å². The number of nitrogens with zero attached hydrogens (tertiary/aromatic N) is 2. The quantitative estimate of drug-likeness (QED) is 0.727. The van der Waals surface area contributed by atoms with E-state index in [1.54, 1.807) is 18.1 Å². The molecule has 0 atom stereocenters. The summed E-state index contributed by atoms with van der Waals surface area (Å²) in [5.41, 5.74) is 5.83. The second-order valence-electron chi connectivity index (χ2n) is 4.87. The Balaban J connectivity index is 1.72. The minimum Gasteiger partial charge on any atom is -0.288 e. The minimum atomic E-state index is -0.235. The Morgan fingerprint density at radius 1 is 1.05 bits per heavy atom. The van der Waals surface area contributed by atoms with Gasteiger partial charge >= 0.3 is 0 Å². The van der Waals surface area contributed by atoms with Crippen LogP contribution in [0.3, 0.4) is 0 Å². The van der Waals surface area contributed by atoms with Gasteiger partial charge in [0.25, 0.3) is 5.91 Å². The van der Waals surface area contributed by atoms with Crippen LogP contribution in [0.5, 0.6) is 0 Å². The Bertz CT molecular complexity index is 753. The molecule has 1 amide bonds. The average molecular weight is 292 g/mol. The number of carbonyl (C=O) groups is 1. The SMILES string of the molecule is CN(NC(=O)c1cc(-c2ccccc2)n[nH]1)c1ccccc1. The Morgan fingerprint density at radius 2 is 1.68 bits per heavy atom. The summed E-state index contributed by atoms with van der Waals surface area (Å²) in [4.78, 5) is 12.2. The van der Waals surface area contributed by atoms with Crippen molar-refractivity contribution in [3.05, 3.63) is 72.4 Å². The molecule has 22 heavy (non-hydrogen) atoms. The Morgan fingerprint density at radius 3 is 2.36 bits per heavy atom. The molecule has 5 nitrogen and oxygen atoms in total. The van der Waals surface area contributed by atoms with Crippen molar-refractivity contribution < 1.29 is 4.79 Å². The third-order valence-electron chi connectivity index (χ3n) is 3.30. The molecule has 0 fully saturated rings. The highest BCUT2D eigenvalue weighted by Crippen LogP contribution is 2.17. The lowest BCUT2D eigenvalue weighted by molar-refractivity contribution is 0.0946. The van der Waals surface area contributed by atoms with E-state index in [9.17, 15) is 4.79 Å². The molecular formula is C17H16N4O. The second kappa shape index (κ2) is 6.13. The molecule has 0 aliphatic rings. The van der Waals surface area contributed by atoms with Gasteiger partial charge in [0.05, 0.1) is 11.4 Å². The predicted octanol–water partition coefficient (Wildman–Crippen LogP) is 2.86. The van der Waals surface area contributed by atoms with Crippen molar-refractivity contribution in [3.63, 3.8) is 0 Å². The van der Waals surface area contributed by atoms with Crippen LogP contribution in [0.15, 0.2) is 66.7 Å². The van der Waals surface area contributed by atoms with Crippen LogP contribution in [0.25, 0.3) is 11.3 Å². The maximum atomic E-state index is 12.2. The van der Waals surface area contributed by atoms with Crippen LogP contribution in [-0.4, -0.2) is 23.2 Å². The van der Waals surface area contributed by atoms with Gasteiger partial charge in [0.1, 0.15) is 5.69 Å². The molecule has 2 aromatic carbocycles. The zero-order chi connectivity index (χ0) is 15.4. The molecule has 5 heteroatoms. The third kappa shape index (κ3) is 2.98. The summed E-state index contributed by atoms with van der Waals surface area (Å²) in [5, 5.41) is 8.63. The molecule has 0 aliphatic carbocycles. The first-order valence-electron chi connectivity index (χ1n) is 6.94. The highest BCUT2D eigenvalue weighted by Gasteiger charge is 2.12. The fourth-order valence-corrected chi connectivity index (χ4v) is 2.12. The normalized spacial score (nSPS) is 10.2. The van der Waals surface area contributed by atoms with Crippen molar-refractivity contribution in [2.75, 3.05) is 12.1 Å². The summed E-state index contributed by atoms with van der Waals surface area (Å²) in [6.45, 7) is 0. The van der Waals surface area contributed by atoms with Crippen LogP contribution in [0.4, 0.5) is 5.69 Å². The van der Waals surface area contributed by atoms with Crippen molar-refractivity contribution in [2.45, 2.75) is 0 Å². The summed E-state index contributed by atoms with van der Waals surface area (Å²) < 4.78 is 0. The van der Waals surface area contributed by atoms with Gasteiger partial charge in [-0.05, 0) is 18.2 Å². The number of aromatic amines is 1. The van der Waals surface area contributed by atoms with Crippen molar-refractivity contribution in [1.82, 2.24) is 15.6 Å². The van der Waals surface area contributed by atoms with Crippen molar-refractivity contribution in [2.24, 2.45) is 0 Å². The van der Waals surface area contributed by atoms with Crippen LogP contribution in [-0.2, 0) is 0 Å². The number of anilines is 1. The number of hydrogen-bond acceptors (Lipinski definition) is 3. The van der Waals surface area contributed by atoms with Gasteiger partial charge in [-0.3, -0.25) is 20.3 Å². The van der Waals surface area contributed by atoms with Gasteiger partial charge in [-0.1, -0.05) is 48.5 Å². The van der Waals surface area contributed by atoms with Crippen LogP contribution < -0.4 is 10.4 Å². The summed E-state index contributed by atoms with van der Waals surface area (Å²) in [6, 6.07) is 21.1. The third-order valence-corrected chi connectivity index (χ3v) is 3.30. The zero-order valence-corrected chi connectivity index (χ0v) is 12.2. The molecule has 3 rings (SSSR count). The molecule has 0 aliphatic heterocycles. The number of para-hydroxylation sites is 1. The van der Waals surface area contributed by atoms with Gasteiger partial charge in [0.15, 0.2) is 0 Å². The smallest absolute Gasteiger partial charge is 0.287 e. The molecule has 0 saturated carbocycles. The van der Waals surface area contributed by atoms with E-state index in [1.165, 1.54) is 0 Å².